The van der Waals surface area contributed by atoms with E-state index in [1.807, 2.05) is 0 Å². The second kappa shape index (κ2) is 20.2. The maximum absolute atomic E-state index is 10.9. The zero-order valence-corrected chi connectivity index (χ0v) is 20.9. The van der Waals surface area contributed by atoms with Gasteiger partial charge in [0.05, 0.1) is 53.9 Å². The molecule has 0 fully saturated rings. The lowest BCUT2D eigenvalue weighted by atomic mass is 10.3. The maximum Gasteiger partial charge on any atom is 0.243 e. The first-order valence-corrected chi connectivity index (χ1v) is 10.1. The second-order valence-electron chi connectivity index (χ2n) is 7.73. The Bertz CT molecular complexity index is 440. The summed E-state index contributed by atoms with van der Waals surface area (Å²) >= 11 is 0. The molecule has 8 heteroatoms. The summed E-state index contributed by atoms with van der Waals surface area (Å²) in [5.74, 6) is -0.158. The molecule has 0 aromatic rings. The summed E-state index contributed by atoms with van der Waals surface area (Å²) in [6, 6.07) is 0. The highest BCUT2D eigenvalue weighted by molar-refractivity contribution is 5.87. The first-order chi connectivity index (χ1) is 12.6. The van der Waals surface area contributed by atoms with Crippen LogP contribution in [0.2, 0.25) is 0 Å². The predicted octanol–water partition coefficient (Wildman–Crippen LogP) is -4.05. The van der Waals surface area contributed by atoms with E-state index in [2.05, 4.69) is 65.7 Å². The average molecular weight is 456 g/mol. The number of rotatable bonds is 13. The first-order valence-electron chi connectivity index (χ1n) is 10.1. The van der Waals surface area contributed by atoms with Crippen molar-refractivity contribution in [2.45, 2.75) is 33.6 Å². The van der Waals surface area contributed by atoms with E-state index in [9.17, 15) is 9.59 Å². The Kier molecular flexibility index (Phi) is 24.6. The third kappa shape index (κ3) is 21.4. The van der Waals surface area contributed by atoms with Crippen LogP contribution in [-0.4, -0.2) is 87.7 Å². The average Bonchev–Trinajstić information content (AvgIpc) is 2.65. The molecule has 29 heavy (non-hydrogen) atoms. The number of halogens is 2. The van der Waals surface area contributed by atoms with Gasteiger partial charge >= 0.3 is 0 Å². The fourth-order valence-electron chi connectivity index (χ4n) is 2.68. The molecule has 0 bridgehead atoms. The van der Waals surface area contributed by atoms with Crippen LogP contribution in [0.1, 0.15) is 33.6 Å². The first kappa shape index (κ1) is 35.4. The number of carbonyl (C=O) groups is 2. The summed E-state index contributed by atoms with van der Waals surface area (Å²) in [6.07, 6.45) is 4.66. The number of carbonyl (C=O) groups excluding carboxylic acids is 2. The lowest BCUT2D eigenvalue weighted by molar-refractivity contribution is -0.923. The highest BCUT2D eigenvalue weighted by Crippen LogP contribution is 2.06. The summed E-state index contributed by atoms with van der Waals surface area (Å²) in [7, 11) is 6.40. The topological polar surface area (TPSA) is 58.2 Å². The van der Waals surface area contributed by atoms with Crippen molar-refractivity contribution in [2.75, 3.05) is 67.0 Å². The fraction of sp³-hybridized carbons (Fsp3) is 0.714. The minimum atomic E-state index is -0.0867. The van der Waals surface area contributed by atoms with Gasteiger partial charge in [-0.2, -0.15) is 0 Å². The second-order valence-corrected chi connectivity index (χ2v) is 7.73. The van der Waals surface area contributed by atoms with Crippen LogP contribution >= 0.6 is 0 Å². The van der Waals surface area contributed by atoms with E-state index >= 15 is 0 Å². The number of hydrogen-bond donors (Lipinski definition) is 2. The van der Waals surface area contributed by atoms with Gasteiger partial charge in [0.15, 0.2) is 0 Å². The number of nitrogens with zero attached hydrogens (tertiary/aromatic N) is 2. The summed E-state index contributed by atoms with van der Waals surface area (Å²) in [5.41, 5.74) is 0. The summed E-state index contributed by atoms with van der Waals surface area (Å²) in [5, 5.41) is 5.55. The van der Waals surface area contributed by atoms with E-state index in [4.69, 9.17) is 0 Å². The minimum absolute atomic E-state index is 0. The van der Waals surface area contributed by atoms with Gasteiger partial charge in [-0.25, -0.2) is 0 Å². The molecule has 0 spiro atoms. The normalized spacial score (nSPS) is 10.3. The number of amides is 2. The van der Waals surface area contributed by atoms with E-state index in [1.54, 1.807) is 0 Å². The van der Waals surface area contributed by atoms with Crippen LogP contribution in [0, 0.1) is 0 Å². The van der Waals surface area contributed by atoms with Gasteiger partial charge in [-0.05, 0) is 32.9 Å². The molecule has 0 rings (SSSR count). The monoisotopic (exact) mass is 454 g/mol. The van der Waals surface area contributed by atoms with E-state index in [1.165, 1.54) is 31.8 Å². The molecule has 2 amide bonds. The molecule has 0 saturated heterocycles. The summed E-state index contributed by atoms with van der Waals surface area (Å²) < 4.78 is 2.08. The molecule has 0 radical (unpaired) electrons. The van der Waals surface area contributed by atoms with Crippen LogP contribution in [-0.2, 0) is 9.59 Å². The van der Waals surface area contributed by atoms with Crippen molar-refractivity contribution in [3.05, 3.63) is 25.3 Å². The van der Waals surface area contributed by atoms with E-state index in [0.717, 1.165) is 48.0 Å². The third-order valence-electron chi connectivity index (χ3n) is 4.80. The molecule has 0 saturated carbocycles. The van der Waals surface area contributed by atoms with Gasteiger partial charge in [-0.3, -0.25) is 9.59 Å². The Hall–Kier alpha value is -1.08. The zero-order valence-electron chi connectivity index (χ0n) is 19.4. The van der Waals surface area contributed by atoms with E-state index in [0.29, 0.717) is 0 Å². The van der Waals surface area contributed by atoms with Gasteiger partial charge in [-0.1, -0.05) is 13.2 Å². The van der Waals surface area contributed by atoms with Crippen LogP contribution < -0.4 is 35.4 Å². The van der Waals surface area contributed by atoms with Gasteiger partial charge in [0.1, 0.15) is 0 Å². The molecule has 0 unspecified atom stereocenters. The zero-order chi connectivity index (χ0) is 21.3. The Morgan fingerprint density at radius 2 is 1.10 bits per heavy atom. The van der Waals surface area contributed by atoms with Gasteiger partial charge in [0.2, 0.25) is 11.8 Å². The molecular formula is C21H44Cl2N4O2. The van der Waals surface area contributed by atoms with Gasteiger partial charge in [0.25, 0.3) is 0 Å². The van der Waals surface area contributed by atoms with Crippen molar-refractivity contribution < 1.29 is 43.4 Å². The van der Waals surface area contributed by atoms with Gasteiger partial charge in [-0.15, -0.1) is 0 Å². The lowest BCUT2D eigenvalue weighted by Gasteiger charge is -2.35. The number of hydrogen-bond acceptors (Lipinski definition) is 2. The van der Waals surface area contributed by atoms with Gasteiger partial charge in [0, 0.05) is 25.9 Å². The Morgan fingerprint density at radius 3 is 1.38 bits per heavy atom. The molecular weight excluding hydrogens is 411 g/mol. The van der Waals surface area contributed by atoms with Crippen LogP contribution in [0.15, 0.2) is 25.3 Å². The highest BCUT2D eigenvalue weighted by atomic mass is 35.5. The molecule has 6 nitrogen and oxygen atoms in total. The molecule has 174 valence electrons. The highest BCUT2D eigenvalue weighted by Gasteiger charge is 2.19. The lowest BCUT2D eigenvalue weighted by Crippen LogP contribution is -3.00. The molecule has 0 aliphatic rings. The molecule has 0 aliphatic heterocycles. The summed E-state index contributed by atoms with van der Waals surface area (Å²) in [6.45, 7) is 20.7. The van der Waals surface area contributed by atoms with Crippen molar-refractivity contribution in [1.29, 1.82) is 0 Å². The maximum atomic E-state index is 10.9. The van der Waals surface area contributed by atoms with Crippen molar-refractivity contribution >= 4 is 11.8 Å². The smallest absolute Gasteiger partial charge is 0.243 e. The molecule has 0 aliphatic carbocycles. The fourth-order valence-corrected chi connectivity index (χ4v) is 2.68. The molecule has 0 aromatic heterocycles. The van der Waals surface area contributed by atoms with Crippen molar-refractivity contribution in [2.24, 2.45) is 0 Å². The molecule has 0 heterocycles. The van der Waals surface area contributed by atoms with E-state index in [-0.39, 0.29) is 36.6 Å². The van der Waals surface area contributed by atoms with E-state index < -0.39 is 0 Å². The summed E-state index contributed by atoms with van der Waals surface area (Å²) in [4.78, 5) is 21.6. The molecule has 0 atom stereocenters. The van der Waals surface area contributed by atoms with Crippen LogP contribution in [0.25, 0.3) is 0 Å². The van der Waals surface area contributed by atoms with Crippen molar-refractivity contribution in [1.82, 2.24) is 10.6 Å². The van der Waals surface area contributed by atoms with Gasteiger partial charge < -0.3 is 44.4 Å². The SMILES string of the molecule is C=CC(=O)NCCC[N+](C)(C)C.C=CC(=O)NCCC[N+](CC)(CC)CC.[Cl-].[Cl-]. The minimum Gasteiger partial charge on any atom is -1.00 e. The van der Waals surface area contributed by atoms with Crippen molar-refractivity contribution in [3.63, 3.8) is 0 Å². The Balaban J connectivity index is -0.000000206. The quantitative estimate of drug-likeness (QED) is 0.169. The third-order valence-corrected chi connectivity index (χ3v) is 4.80. The molecule has 0 aromatic carbocycles. The standard InChI is InChI=1S/C12H24N2O.C9H18N2O.2ClH/c1-5-12(15)13-10-9-11-14(6-2,7-3)8-4;1-5-9(12)10-7-6-8-11(2,3)4;;/h5H,1,6-11H2,2-4H3;5H,1,6-8H2,2-4H3;2*1H. The predicted molar refractivity (Wildman–Crippen MR) is 115 cm³/mol. The van der Waals surface area contributed by atoms with Crippen molar-refractivity contribution in [3.8, 4) is 0 Å². The number of quaternary nitrogens is 2. The molecule has 2 N–H and O–H groups in total. The Labute approximate surface area is 191 Å². The Morgan fingerprint density at radius 1 is 0.759 bits per heavy atom. The van der Waals surface area contributed by atoms with Crippen LogP contribution in [0.4, 0.5) is 0 Å². The van der Waals surface area contributed by atoms with Crippen LogP contribution in [0.3, 0.4) is 0 Å². The number of nitrogens with one attached hydrogen (secondary N) is 2. The van der Waals surface area contributed by atoms with Crippen LogP contribution in [0.5, 0.6) is 0 Å². The largest absolute Gasteiger partial charge is 1.00 e.